The summed E-state index contributed by atoms with van der Waals surface area (Å²) in [6.45, 7) is 3.47. The molecule has 4 aromatic rings. The predicted octanol–water partition coefficient (Wildman–Crippen LogP) is 6.10. The van der Waals surface area contributed by atoms with Crippen LogP contribution in [0.1, 0.15) is 154 Å². The molecule has 18 heteroatoms. The van der Waals surface area contributed by atoms with E-state index in [9.17, 15) is 48.9 Å². The van der Waals surface area contributed by atoms with Gasteiger partial charge >= 0.3 is 0 Å². The Hall–Kier alpha value is -6.24. The van der Waals surface area contributed by atoms with Crippen molar-refractivity contribution >= 4 is 68.6 Å². The Bertz CT molecular complexity index is 2500. The van der Waals surface area contributed by atoms with Crippen LogP contribution >= 0.6 is 0 Å². The molecular weight excluding hydrogens is 969 g/mol. The molecule has 76 heavy (non-hydrogen) atoms. The van der Waals surface area contributed by atoms with Crippen LogP contribution in [0.15, 0.2) is 65.9 Å². The van der Waals surface area contributed by atoms with E-state index in [1.165, 1.54) is 65.2 Å². The molecule has 18 nitrogen and oxygen atoms in total. The van der Waals surface area contributed by atoms with E-state index in [0.29, 0.717) is 17.5 Å². The van der Waals surface area contributed by atoms with Gasteiger partial charge in [-0.2, -0.15) is 0 Å². The summed E-state index contributed by atoms with van der Waals surface area (Å²) in [4.78, 5) is 107. The molecule has 2 heterocycles. The first-order valence-corrected chi connectivity index (χ1v) is 27.6. The second kappa shape index (κ2) is 33.7. The Morgan fingerprint density at radius 3 is 1.57 bits per heavy atom. The predicted molar refractivity (Wildman–Crippen MR) is 296 cm³/mol. The van der Waals surface area contributed by atoms with Crippen LogP contribution in [-0.2, 0) is 46.4 Å². The highest BCUT2D eigenvalue weighted by molar-refractivity contribution is 5.98. The summed E-state index contributed by atoms with van der Waals surface area (Å²) in [5.41, 5.74) is 14.1. The molecule has 2 aromatic heterocycles. The van der Waals surface area contributed by atoms with E-state index in [0.717, 1.165) is 47.5 Å². The van der Waals surface area contributed by atoms with Crippen LogP contribution in [-0.4, -0.2) is 116 Å². The van der Waals surface area contributed by atoms with Crippen LogP contribution < -0.4 is 27.4 Å². The lowest BCUT2D eigenvalue weighted by atomic mass is 9.88. The summed E-state index contributed by atoms with van der Waals surface area (Å²) in [5.74, 6) is -7.50. The van der Waals surface area contributed by atoms with E-state index in [1.54, 1.807) is 12.4 Å². The van der Waals surface area contributed by atoms with Gasteiger partial charge in [0.15, 0.2) is 23.3 Å². The number of aliphatic hydroxyl groups excluding tert-OH is 3. The highest BCUT2D eigenvalue weighted by Crippen LogP contribution is 2.25. The second-order valence-electron chi connectivity index (χ2n) is 20.5. The number of aliphatic imine (C=N–C) groups is 1. The van der Waals surface area contributed by atoms with Crippen molar-refractivity contribution in [1.29, 1.82) is 0 Å². The van der Waals surface area contributed by atoms with Gasteiger partial charge in [-0.15, -0.1) is 0 Å². The van der Waals surface area contributed by atoms with Crippen molar-refractivity contribution in [2.24, 2.45) is 34.2 Å². The number of carbonyl (C=O) groups is 7. The molecule has 0 saturated heterocycles. The smallest absolute Gasteiger partial charge is 0.224 e. The van der Waals surface area contributed by atoms with E-state index in [-0.39, 0.29) is 56.9 Å². The summed E-state index contributed by atoms with van der Waals surface area (Å²) in [5, 5.41) is 41.1. The van der Waals surface area contributed by atoms with Crippen molar-refractivity contribution in [3.63, 3.8) is 0 Å². The SMILES string of the molecule is CCCCCCCCCCCCCCCC(=O)N[C@@H](CO)C(=O)C[C@@H](Cc1c[nH]c2ccccc12)C(=O)N[C@@H](CO)C(=O)C[C@@H](CCCN=C(N)N)C(=O)N[C@@H](Cc1c[nH]c2ccccc12)C(=O)C[C@H](C(C)=O)[C@@H](C)O. The maximum absolute atomic E-state index is 14.4. The zero-order valence-electron chi connectivity index (χ0n) is 45.1. The van der Waals surface area contributed by atoms with Gasteiger partial charge in [0.2, 0.25) is 17.7 Å². The fourth-order valence-corrected chi connectivity index (χ4v) is 9.85. The molecule has 3 amide bonds. The number of carbonyl (C=O) groups excluding carboxylic acids is 7. The van der Waals surface area contributed by atoms with Crippen molar-refractivity contribution in [2.45, 2.75) is 180 Å². The lowest BCUT2D eigenvalue weighted by Crippen LogP contribution is -2.50. The maximum atomic E-state index is 14.4. The van der Waals surface area contributed by atoms with Crippen LogP contribution in [0.25, 0.3) is 21.8 Å². The van der Waals surface area contributed by atoms with E-state index >= 15 is 0 Å². The molecule has 0 saturated carbocycles. The molecule has 0 spiro atoms. The fraction of sp³-hybridized carbons (Fsp3) is 0.586. The summed E-state index contributed by atoms with van der Waals surface area (Å²) in [6.07, 6.45) is 16.5. The third-order valence-electron chi connectivity index (χ3n) is 14.4. The average molecular weight is 1060 g/mol. The number of aliphatic hydroxyl groups is 3. The number of aromatic amines is 2. The monoisotopic (exact) mass is 1050 g/mol. The molecule has 0 aliphatic heterocycles. The highest BCUT2D eigenvalue weighted by Gasteiger charge is 2.35. The van der Waals surface area contributed by atoms with Gasteiger partial charge < -0.3 is 52.7 Å². The number of hydrogen-bond donors (Lipinski definition) is 10. The number of unbranched alkanes of at least 4 members (excludes halogenated alkanes) is 12. The third-order valence-corrected chi connectivity index (χ3v) is 14.4. The van der Waals surface area contributed by atoms with E-state index in [2.05, 4.69) is 37.8 Å². The Morgan fingerprint density at radius 1 is 0.592 bits per heavy atom. The first-order chi connectivity index (χ1) is 36.6. The number of fused-ring (bicyclic) bond motifs is 2. The number of ketones is 4. The summed E-state index contributed by atoms with van der Waals surface area (Å²) >= 11 is 0. The van der Waals surface area contributed by atoms with Gasteiger partial charge in [-0.3, -0.25) is 38.6 Å². The number of benzene rings is 2. The van der Waals surface area contributed by atoms with Gasteiger partial charge in [-0.1, -0.05) is 120 Å². The van der Waals surface area contributed by atoms with Gasteiger partial charge in [0.25, 0.3) is 0 Å². The lowest BCUT2D eigenvalue weighted by molar-refractivity contribution is -0.136. The van der Waals surface area contributed by atoms with Crippen LogP contribution in [0, 0.1) is 17.8 Å². The lowest BCUT2D eigenvalue weighted by Gasteiger charge is -2.25. The highest BCUT2D eigenvalue weighted by atomic mass is 16.3. The van der Waals surface area contributed by atoms with Gasteiger partial charge in [-0.25, -0.2) is 0 Å². The van der Waals surface area contributed by atoms with Gasteiger partial charge in [0, 0.05) is 90.6 Å². The first-order valence-electron chi connectivity index (χ1n) is 27.6. The molecule has 0 radical (unpaired) electrons. The Kier molecular flexibility index (Phi) is 27.6. The first kappa shape index (κ1) is 62.3. The fourth-order valence-electron chi connectivity index (χ4n) is 9.85. The van der Waals surface area contributed by atoms with Crippen molar-refractivity contribution in [3.8, 4) is 0 Å². The van der Waals surface area contributed by atoms with Crippen LogP contribution in [0.3, 0.4) is 0 Å². The average Bonchev–Trinajstić information content (AvgIpc) is 4.01. The minimum absolute atomic E-state index is 0.0137. The molecule has 0 fully saturated rings. The van der Waals surface area contributed by atoms with Crippen molar-refractivity contribution in [2.75, 3.05) is 19.8 Å². The minimum atomic E-state index is -1.53. The van der Waals surface area contributed by atoms with E-state index in [4.69, 9.17) is 11.5 Å². The number of rotatable bonds is 40. The molecule has 0 bridgehead atoms. The standard InChI is InChI=1S/C58H86N8O10/c1-4-5-6-7-8-9-10-11-12-13-14-15-16-27-55(74)64-50(36-67)53(72)32-41(29-42-34-62-47-25-19-17-23-44(42)47)57(76)66-51(37-68)52(71)31-40(22-21-28-61-58(59)60)56(75)65-49(54(73)33-46(38(2)69)39(3)70)30-43-35-63-48-26-20-18-24-45(43)48/h17-20,23-26,34-35,38,40-41,46,49-51,62-63,67-69H,4-16,21-22,27-33,36-37H2,1-3H3,(H,64,74)(H,65,75)(H,66,76)(H4,59,60,61)/t38-,40-,41-,46+,49+,50+,51+/m1/s1. The molecule has 418 valence electrons. The van der Waals surface area contributed by atoms with Gasteiger partial charge in [-0.05, 0) is 62.8 Å². The van der Waals surface area contributed by atoms with Crippen molar-refractivity contribution in [3.05, 3.63) is 72.1 Å². The number of H-pyrrole nitrogens is 2. The van der Waals surface area contributed by atoms with Gasteiger partial charge in [0.1, 0.15) is 17.9 Å². The quantitative estimate of drug-likeness (QED) is 0.0137. The summed E-state index contributed by atoms with van der Waals surface area (Å²) < 4.78 is 0. The second-order valence-corrected chi connectivity index (χ2v) is 20.5. The Labute approximate surface area is 447 Å². The number of nitrogens with one attached hydrogen (secondary N) is 5. The van der Waals surface area contributed by atoms with Crippen LogP contribution in [0.5, 0.6) is 0 Å². The number of Topliss-reactive ketones (excluding diaryl/α,β-unsaturated/α-hetero) is 4. The number of amides is 3. The van der Waals surface area contributed by atoms with Crippen LogP contribution in [0.4, 0.5) is 0 Å². The minimum Gasteiger partial charge on any atom is -0.394 e. The summed E-state index contributed by atoms with van der Waals surface area (Å²) in [6, 6.07) is 10.8. The number of guanidine groups is 1. The molecular formula is C58H86N8O10. The van der Waals surface area contributed by atoms with E-state index < -0.39 is 103 Å². The zero-order valence-corrected chi connectivity index (χ0v) is 45.1. The number of nitrogens with zero attached hydrogens (tertiary/aromatic N) is 1. The molecule has 0 aliphatic carbocycles. The molecule has 12 N–H and O–H groups in total. The van der Waals surface area contributed by atoms with Crippen molar-refractivity contribution in [1.82, 2.24) is 25.9 Å². The van der Waals surface area contributed by atoms with E-state index in [1.807, 2.05) is 48.5 Å². The zero-order chi connectivity index (χ0) is 55.4. The topological polar surface area (TPSA) is 312 Å². The molecule has 0 aliphatic rings. The number of hydrogen-bond acceptors (Lipinski definition) is 11. The number of nitrogens with two attached hydrogens (primary N) is 2. The van der Waals surface area contributed by atoms with Crippen molar-refractivity contribution < 1.29 is 48.9 Å². The third kappa shape index (κ3) is 21.1. The molecule has 0 unspecified atom stereocenters. The maximum Gasteiger partial charge on any atom is 0.224 e. The molecule has 7 atom stereocenters. The largest absolute Gasteiger partial charge is 0.394 e. The van der Waals surface area contributed by atoms with Gasteiger partial charge in [0.05, 0.1) is 25.4 Å². The molecule has 4 rings (SSSR count). The Morgan fingerprint density at radius 2 is 1.05 bits per heavy atom. The Balaban J connectivity index is 1.46. The normalized spacial score (nSPS) is 14.2. The number of aromatic nitrogens is 2. The van der Waals surface area contributed by atoms with Crippen LogP contribution in [0.2, 0.25) is 0 Å². The molecule has 2 aromatic carbocycles. The number of para-hydroxylation sites is 2. The summed E-state index contributed by atoms with van der Waals surface area (Å²) in [7, 11) is 0.